The molecule has 3 heteroatoms. The molecule has 0 aromatic carbocycles. The van der Waals surface area contributed by atoms with Crippen LogP contribution in [-0.2, 0) is 0 Å². The number of nitrogens with zero attached hydrogens (tertiary/aromatic N) is 1. The van der Waals surface area contributed by atoms with Gasteiger partial charge in [-0.25, -0.2) is 4.98 Å². The van der Waals surface area contributed by atoms with Gasteiger partial charge in [0.05, 0.1) is 0 Å². The number of hydrogen-bond acceptors (Lipinski definition) is 2. The Morgan fingerprint density at radius 3 is 3.25 bits per heavy atom. The summed E-state index contributed by atoms with van der Waals surface area (Å²) in [5.74, 6) is 0. The lowest BCUT2D eigenvalue weighted by Gasteiger charge is -2.04. The van der Waals surface area contributed by atoms with Crippen molar-refractivity contribution in [2.45, 2.75) is 19.4 Å². The van der Waals surface area contributed by atoms with Crippen LogP contribution >= 0.6 is 0 Å². The van der Waals surface area contributed by atoms with E-state index in [1.54, 1.807) is 0 Å². The van der Waals surface area contributed by atoms with Gasteiger partial charge in [0.15, 0.2) is 0 Å². The minimum Gasteiger partial charge on any atom is -0.346 e. The second-order valence-corrected chi connectivity index (χ2v) is 4.01. The molecule has 1 unspecified atom stereocenters. The summed E-state index contributed by atoms with van der Waals surface area (Å²) in [7, 11) is 1.98. The zero-order chi connectivity index (χ0) is 11.4. The van der Waals surface area contributed by atoms with Gasteiger partial charge in [-0.15, -0.1) is 0 Å². The molecule has 2 heterocycles. The first kappa shape index (κ1) is 10.9. The van der Waals surface area contributed by atoms with Gasteiger partial charge in [-0.05, 0) is 38.1 Å². The fourth-order valence-corrected chi connectivity index (χ4v) is 1.57. The maximum absolute atomic E-state index is 4.34. The van der Waals surface area contributed by atoms with Crippen LogP contribution in [0.15, 0.2) is 30.6 Å². The van der Waals surface area contributed by atoms with Gasteiger partial charge in [-0.3, -0.25) is 0 Å². The first-order valence-electron chi connectivity index (χ1n) is 5.56. The molecule has 0 amide bonds. The van der Waals surface area contributed by atoms with E-state index in [-0.39, 0.29) is 0 Å². The van der Waals surface area contributed by atoms with E-state index in [2.05, 4.69) is 40.4 Å². The molecule has 0 radical (unpaired) electrons. The third-order valence-electron chi connectivity index (χ3n) is 2.71. The Morgan fingerprint density at radius 1 is 1.56 bits per heavy atom. The lowest BCUT2D eigenvalue weighted by molar-refractivity contribution is 0.621. The van der Waals surface area contributed by atoms with Gasteiger partial charge in [-0.2, -0.15) is 0 Å². The van der Waals surface area contributed by atoms with E-state index < -0.39 is 0 Å². The monoisotopic (exact) mass is 215 g/mol. The summed E-state index contributed by atoms with van der Waals surface area (Å²) in [6.45, 7) is 2.16. The van der Waals surface area contributed by atoms with E-state index >= 15 is 0 Å². The maximum Gasteiger partial charge on any atom is 0.137 e. The molecule has 3 nitrogen and oxygen atoms in total. The van der Waals surface area contributed by atoms with E-state index in [1.807, 2.05) is 25.5 Å². The Kier molecular flexibility index (Phi) is 3.37. The fourth-order valence-electron chi connectivity index (χ4n) is 1.57. The number of aromatic amines is 1. The Labute approximate surface area is 95.6 Å². The van der Waals surface area contributed by atoms with Crippen LogP contribution in [0.2, 0.25) is 0 Å². The van der Waals surface area contributed by atoms with Crippen LogP contribution in [0.3, 0.4) is 0 Å². The van der Waals surface area contributed by atoms with Crippen molar-refractivity contribution in [3.8, 4) is 0 Å². The number of hydrogen-bond donors (Lipinski definition) is 2. The highest BCUT2D eigenvalue weighted by atomic mass is 14.8. The predicted octanol–water partition coefficient (Wildman–Crippen LogP) is 2.57. The number of aromatic nitrogens is 2. The third kappa shape index (κ3) is 2.49. The Balaban J connectivity index is 2.08. The van der Waals surface area contributed by atoms with Gasteiger partial charge in [0, 0.05) is 23.8 Å². The molecule has 0 aliphatic heterocycles. The molecule has 16 heavy (non-hydrogen) atoms. The zero-order valence-electron chi connectivity index (χ0n) is 9.70. The number of nitrogens with one attached hydrogen (secondary N) is 2. The zero-order valence-corrected chi connectivity index (χ0v) is 9.70. The Bertz CT molecular complexity index is 485. The van der Waals surface area contributed by atoms with Crippen molar-refractivity contribution >= 4 is 17.1 Å². The summed E-state index contributed by atoms with van der Waals surface area (Å²) in [6.07, 6.45) is 9.12. The summed E-state index contributed by atoms with van der Waals surface area (Å²) in [6, 6.07) is 4.69. The fraction of sp³-hybridized carbons (Fsp3) is 0.308. The molecule has 0 spiro atoms. The van der Waals surface area contributed by atoms with Crippen molar-refractivity contribution in [1.29, 1.82) is 0 Å². The summed E-state index contributed by atoms with van der Waals surface area (Å²) >= 11 is 0. The minimum absolute atomic E-state index is 0.514. The molecule has 0 bridgehead atoms. The standard InChI is InChI=1S/C13H17N3/c1-10(14-2)4-3-5-11-8-12-6-7-15-13(12)16-9-11/h3,5-10,14H,4H2,1-2H3,(H,15,16)/b5-3+. The van der Waals surface area contributed by atoms with E-state index in [0.29, 0.717) is 6.04 Å². The van der Waals surface area contributed by atoms with E-state index in [1.165, 1.54) is 0 Å². The number of fused-ring (bicyclic) bond motifs is 1. The highest BCUT2D eigenvalue weighted by Gasteiger charge is 1.96. The van der Waals surface area contributed by atoms with Crippen molar-refractivity contribution in [3.63, 3.8) is 0 Å². The first-order valence-corrected chi connectivity index (χ1v) is 5.56. The molecular weight excluding hydrogens is 198 g/mol. The first-order chi connectivity index (χ1) is 7.79. The summed E-state index contributed by atoms with van der Waals surface area (Å²) in [5, 5.41) is 4.36. The van der Waals surface area contributed by atoms with Gasteiger partial charge in [0.25, 0.3) is 0 Å². The number of pyridine rings is 1. The lowest BCUT2D eigenvalue weighted by Crippen LogP contribution is -2.19. The molecule has 0 saturated heterocycles. The van der Waals surface area contributed by atoms with Crippen LogP contribution in [0, 0.1) is 0 Å². The number of rotatable bonds is 4. The van der Waals surface area contributed by atoms with Crippen molar-refractivity contribution in [2.24, 2.45) is 0 Å². The second kappa shape index (κ2) is 4.94. The SMILES string of the molecule is CNC(C)C/C=C/c1cnc2[nH]ccc2c1. The highest BCUT2D eigenvalue weighted by molar-refractivity contribution is 5.77. The molecule has 0 aliphatic rings. The molecule has 2 rings (SSSR count). The smallest absolute Gasteiger partial charge is 0.137 e. The molecular formula is C13H17N3. The molecule has 84 valence electrons. The predicted molar refractivity (Wildman–Crippen MR) is 68.3 cm³/mol. The molecule has 2 N–H and O–H groups in total. The maximum atomic E-state index is 4.34. The normalized spacial score (nSPS) is 13.6. The second-order valence-electron chi connectivity index (χ2n) is 4.01. The van der Waals surface area contributed by atoms with Crippen molar-refractivity contribution in [3.05, 3.63) is 36.2 Å². The van der Waals surface area contributed by atoms with Crippen molar-refractivity contribution in [2.75, 3.05) is 7.05 Å². The Morgan fingerprint density at radius 2 is 2.44 bits per heavy atom. The van der Waals surface area contributed by atoms with Crippen molar-refractivity contribution in [1.82, 2.24) is 15.3 Å². The highest BCUT2D eigenvalue weighted by Crippen LogP contribution is 2.12. The quantitative estimate of drug-likeness (QED) is 0.823. The van der Waals surface area contributed by atoms with Gasteiger partial charge in [0.1, 0.15) is 5.65 Å². The van der Waals surface area contributed by atoms with Gasteiger partial charge < -0.3 is 10.3 Å². The third-order valence-corrected chi connectivity index (χ3v) is 2.71. The van der Waals surface area contributed by atoms with E-state index in [9.17, 15) is 0 Å². The van der Waals surface area contributed by atoms with Crippen LogP contribution in [0.4, 0.5) is 0 Å². The summed E-state index contributed by atoms with van der Waals surface area (Å²) < 4.78 is 0. The minimum atomic E-state index is 0.514. The number of H-pyrrole nitrogens is 1. The van der Waals surface area contributed by atoms with Gasteiger partial charge >= 0.3 is 0 Å². The average Bonchev–Trinajstić information content (AvgIpc) is 2.76. The molecule has 0 saturated carbocycles. The van der Waals surface area contributed by atoms with Gasteiger partial charge in [-0.1, -0.05) is 12.2 Å². The lowest BCUT2D eigenvalue weighted by atomic mass is 10.2. The molecule has 1 atom stereocenters. The molecule has 0 fully saturated rings. The summed E-state index contributed by atoms with van der Waals surface area (Å²) in [4.78, 5) is 7.42. The van der Waals surface area contributed by atoms with Crippen LogP contribution in [0.1, 0.15) is 18.9 Å². The van der Waals surface area contributed by atoms with E-state index in [4.69, 9.17) is 0 Å². The van der Waals surface area contributed by atoms with Crippen LogP contribution in [0.5, 0.6) is 0 Å². The average molecular weight is 215 g/mol. The Hall–Kier alpha value is -1.61. The molecule has 0 aliphatic carbocycles. The van der Waals surface area contributed by atoms with E-state index in [0.717, 1.165) is 23.0 Å². The van der Waals surface area contributed by atoms with Crippen molar-refractivity contribution < 1.29 is 0 Å². The summed E-state index contributed by atoms with van der Waals surface area (Å²) in [5.41, 5.74) is 2.09. The molecule has 2 aromatic heterocycles. The topological polar surface area (TPSA) is 40.7 Å². The van der Waals surface area contributed by atoms with Crippen LogP contribution in [0.25, 0.3) is 17.1 Å². The van der Waals surface area contributed by atoms with Crippen LogP contribution < -0.4 is 5.32 Å². The largest absolute Gasteiger partial charge is 0.346 e. The molecule has 2 aromatic rings. The van der Waals surface area contributed by atoms with Crippen LogP contribution in [-0.4, -0.2) is 23.1 Å². The van der Waals surface area contributed by atoms with Gasteiger partial charge in [0.2, 0.25) is 0 Å².